The second kappa shape index (κ2) is 9.60. The fourth-order valence-corrected chi connectivity index (χ4v) is 4.79. The molecule has 162 valence electrons. The molecule has 1 saturated carbocycles. The Bertz CT molecular complexity index is 1180. The predicted octanol–water partition coefficient (Wildman–Crippen LogP) is 5.71. The second-order valence-corrected chi connectivity index (χ2v) is 9.03. The molecule has 0 unspecified atom stereocenters. The van der Waals surface area contributed by atoms with E-state index in [-0.39, 0.29) is 5.91 Å². The molecule has 2 N–H and O–H groups in total. The molecule has 7 heteroatoms. The van der Waals surface area contributed by atoms with Gasteiger partial charge in [-0.1, -0.05) is 24.3 Å². The summed E-state index contributed by atoms with van der Waals surface area (Å²) in [4.78, 5) is 16.8. The summed E-state index contributed by atoms with van der Waals surface area (Å²) < 4.78 is 5.43. The smallest absolute Gasteiger partial charge is 0.259 e. The first kappa shape index (κ1) is 22.1. The lowest BCUT2D eigenvalue weighted by molar-refractivity contribution is 0.0991. The monoisotopic (exact) mass is 461 g/mol. The van der Waals surface area contributed by atoms with Crippen LogP contribution in [0.1, 0.15) is 40.2 Å². The van der Waals surface area contributed by atoms with E-state index in [0.29, 0.717) is 28.7 Å². The van der Waals surface area contributed by atoms with Gasteiger partial charge in [-0.25, -0.2) is 0 Å². The van der Waals surface area contributed by atoms with Crippen molar-refractivity contribution in [2.24, 2.45) is 0 Å². The van der Waals surface area contributed by atoms with E-state index in [0.717, 1.165) is 39.6 Å². The third-order valence-corrected chi connectivity index (χ3v) is 6.84. The molecule has 1 heterocycles. The maximum Gasteiger partial charge on any atom is 0.259 e. The first-order valence-corrected chi connectivity index (χ1v) is 11.7. The number of methoxy groups -OCH3 is 1. The SMILES string of the molecule is COc1c(C#N)cc(C(=O)N2CSc3ccccc32)cc1C1CC1.Nc1ccccc1S. The molecule has 0 bridgehead atoms. The second-order valence-electron chi connectivity index (χ2n) is 7.57. The number of nitrogens with zero attached hydrogens (tertiary/aromatic N) is 2. The fraction of sp³-hybridized carbons (Fsp3) is 0.200. The molecule has 32 heavy (non-hydrogen) atoms. The summed E-state index contributed by atoms with van der Waals surface area (Å²) in [5.74, 6) is 1.56. The van der Waals surface area contributed by atoms with Gasteiger partial charge < -0.3 is 10.5 Å². The first-order chi connectivity index (χ1) is 15.5. The van der Waals surface area contributed by atoms with E-state index >= 15 is 0 Å². The molecule has 0 aromatic heterocycles. The van der Waals surface area contributed by atoms with Gasteiger partial charge in [0.05, 0.1) is 24.2 Å². The van der Waals surface area contributed by atoms with Crippen molar-refractivity contribution in [2.75, 3.05) is 23.6 Å². The van der Waals surface area contributed by atoms with E-state index in [2.05, 4.69) is 18.7 Å². The molecule has 0 spiro atoms. The van der Waals surface area contributed by atoms with Gasteiger partial charge in [0, 0.05) is 21.0 Å². The van der Waals surface area contributed by atoms with Crippen LogP contribution in [0.25, 0.3) is 0 Å². The lowest BCUT2D eigenvalue weighted by Crippen LogP contribution is -2.28. The zero-order valence-corrected chi connectivity index (χ0v) is 19.3. The van der Waals surface area contributed by atoms with Crippen LogP contribution in [0, 0.1) is 11.3 Å². The molecule has 2 aliphatic rings. The lowest BCUT2D eigenvalue weighted by atomic mass is 10.00. The summed E-state index contributed by atoms with van der Waals surface area (Å²) >= 11 is 5.73. The highest BCUT2D eigenvalue weighted by molar-refractivity contribution is 8.00. The highest BCUT2D eigenvalue weighted by Gasteiger charge is 2.31. The summed E-state index contributed by atoms with van der Waals surface area (Å²) in [5.41, 5.74) is 9.10. The number of para-hydroxylation sites is 2. The molecule has 1 aliphatic heterocycles. The van der Waals surface area contributed by atoms with E-state index in [1.807, 2.05) is 54.6 Å². The molecule has 5 rings (SSSR count). The number of hydrogen-bond donors (Lipinski definition) is 2. The third-order valence-electron chi connectivity index (χ3n) is 5.39. The number of nitrogen functional groups attached to an aromatic ring is 1. The number of carbonyl (C=O) groups excluding carboxylic acids is 1. The van der Waals surface area contributed by atoms with Gasteiger partial charge in [0.25, 0.3) is 5.91 Å². The number of hydrogen-bond acceptors (Lipinski definition) is 6. The topological polar surface area (TPSA) is 79.3 Å². The molecule has 0 radical (unpaired) electrons. The fourth-order valence-electron chi connectivity index (χ4n) is 3.60. The first-order valence-electron chi connectivity index (χ1n) is 10.2. The van der Waals surface area contributed by atoms with Crippen LogP contribution in [0.15, 0.2) is 70.5 Å². The average molecular weight is 462 g/mol. The number of ether oxygens (including phenoxy) is 1. The van der Waals surface area contributed by atoms with Crippen molar-refractivity contribution in [1.82, 2.24) is 0 Å². The zero-order valence-electron chi connectivity index (χ0n) is 17.6. The Morgan fingerprint density at radius 3 is 2.53 bits per heavy atom. The number of thioether (sulfide) groups is 1. The normalized spacial score (nSPS) is 14.1. The minimum Gasteiger partial charge on any atom is -0.495 e. The molecule has 1 aliphatic carbocycles. The summed E-state index contributed by atoms with van der Waals surface area (Å²) in [6, 6.07) is 21.1. The Labute approximate surface area is 197 Å². The minimum absolute atomic E-state index is 0.0616. The van der Waals surface area contributed by atoms with Crippen LogP contribution in [0.5, 0.6) is 5.75 Å². The predicted molar refractivity (Wildman–Crippen MR) is 132 cm³/mol. The summed E-state index contributed by atoms with van der Waals surface area (Å²) in [5, 5.41) is 9.45. The number of rotatable bonds is 3. The minimum atomic E-state index is -0.0616. The van der Waals surface area contributed by atoms with E-state index in [4.69, 9.17) is 10.5 Å². The number of amides is 1. The van der Waals surface area contributed by atoms with Crippen molar-refractivity contribution in [2.45, 2.75) is 28.6 Å². The highest BCUT2D eigenvalue weighted by Crippen LogP contribution is 2.46. The third kappa shape index (κ3) is 4.57. The van der Waals surface area contributed by atoms with Crippen LogP contribution in [-0.4, -0.2) is 18.9 Å². The van der Waals surface area contributed by atoms with Crippen molar-refractivity contribution in [3.05, 3.63) is 77.4 Å². The van der Waals surface area contributed by atoms with E-state index in [9.17, 15) is 10.1 Å². The Morgan fingerprint density at radius 2 is 1.91 bits per heavy atom. The largest absolute Gasteiger partial charge is 0.495 e. The van der Waals surface area contributed by atoms with Gasteiger partial charge in [-0.2, -0.15) is 5.26 Å². The molecule has 1 amide bonds. The number of nitrogens with two attached hydrogens (primary N) is 1. The standard InChI is InChI=1S/C19H16N2O2S.C6H7NS/c1-23-18-14(10-20)8-13(9-15(18)12-6-7-12)19(22)21-11-24-17-5-3-2-4-16(17)21;7-5-3-1-2-4-6(5)8/h2-5,8-9,12H,6-7,11H2,1H3;1-4,8H,7H2. The number of anilines is 2. The van der Waals surface area contributed by atoms with Crippen molar-refractivity contribution in [3.63, 3.8) is 0 Å². The van der Waals surface area contributed by atoms with Gasteiger partial charge in [-0.05, 0) is 60.7 Å². The van der Waals surface area contributed by atoms with Crippen LogP contribution >= 0.6 is 24.4 Å². The summed E-state index contributed by atoms with van der Waals surface area (Å²) in [6.07, 6.45) is 2.17. The number of fused-ring (bicyclic) bond motifs is 1. The number of nitriles is 1. The molecule has 5 nitrogen and oxygen atoms in total. The average Bonchev–Trinajstić information content (AvgIpc) is 3.58. The molecule has 0 atom stereocenters. The Morgan fingerprint density at radius 1 is 1.19 bits per heavy atom. The summed E-state index contributed by atoms with van der Waals surface area (Å²) in [6.45, 7) is 0. The van der Waals surface area contributed by atoms with Crippen LogP contribution in [0.2, 0.25) is 0 Å². The zero-order chi connectivity index (χ0) is 22.7. The van der Waals surface area contributed by atoms with Crippen molar-refractivity contribution in [3.8, 4) is 11.8 Å². The maximum atomic E-state index is 13.0. The summed E-state index contributed by atoms with van der Waals surface area (Å²) in [7, 11) is 1.58. The Hall–Kier alpha value is -3.08. The quantitative estimate of drug-likeness (QED) is 0.386. The Kier molecular flexibility index (Phi) is 6.63. The van der Waals surface area contributed by atoms with Gasteiger partial charge in [0.2, 0.25) is 0 Å². The van der Waals surface area contributed by atoms with Crippen LogP contribution < -0.4 is 15.4 Å². The van der Waals surface area contributed by atoms with Gasteiger partial charge in [0.1, 0.15) is 11.8 Å². The number of benzene rings is 3. The van der Waals surface area contributed by atoms with Crippen LogP contribution in [0.4, 0.5) is 11.4 Å². The van der Waals surface area contributed by atoms with E-state index in [1.54, 1.807) is 29.8 Å². The molecular weight excluding hydrogens is 438 g/mol. The Balaban J connectivity index is 0.000000260. The van der Waals surface area contributed by atoms with Gasteiger partial charge in [-0.3, -0.25) is 9.69 Å². The van der Waals surface area contributed by atoms with Crippen molar-refractivity contribution >= 4 is 41.7 Å². The molecule has 3 aromatic carbocycles. The highest BCUT2D eigenvalue weighted by atomic mass is 32.2. The molecular formula is C25H23N3O2S2. The van der Waals surface area contributed by atoms with Crippen LogP contribution in [-0.2, 0) is 0 Å². The van der Waals surface area contributed by atoms with Gasteiger partial charge in [-0.15, -0.1) is 24.4 Å². The van der Waals surface area contributed by atoms with Crippen LogP contribution in [0.3, 0.4) is 0 Å². The van der Waals surface area contributed by atoms with Crippen molar-refractivity contribution in [1.29, 1.82) is 5.26 Å². The number of carbonyl (C=O) groups is 1. The van der Waals surface area contributed by atoms with E-state index < -0.39 is 0 Å². The molecule has 3 aromatic rings. The number of thiol groups is 1. The van der Waals surface area contributed by atoms with E-state index in [1.165, 1.54) is 0 Å². The maximum absolute atomic E-state index is 13.0. The molecule has 0 saturated heterocycles. The van der Waals surface area contributed by atoms with Gasteiger partial charge in [0.15, 0.2) is 0 Å². The van der Waals surface area contributed by atoms with Gasteiger partial charge >= 0.3 is 0 Å². The molecule has 1 fully saturated rings. The van der Waals surface area contributed by atoms with Crippen molar-refractivity contribution < 1.29 is 9.53 Å². The lowest BCUT2D eigenvalue weighted by Gasteiger charge is -2.18.